The van der Waals surface area contributed by atoms with Gasteiger partial charge in [-0.3, -0.25) is 4.57 Å². The van der Waals surface area contributed by atoms with Gasteiger partial charge in [-0.2, -0.15) is 0 Å². The van der Waals surface area contributed by atoms with Crippen LogP contribution in [-0.2, 0) is 33.3 Å². The first-order valence-electron chi connectivity index (χ1n) is 6.05. The van der Waals surface area contributed by atoms with E-state index in [9.17, 15) is 21.4 Å². The van der Waals surface area contributed by atoms with Crippen LogP contribution in [-0.4, -0.2) is 52.3 Å². The molecule has 0 heterocycles. The van der Waals surface area contributed by atoms with Crippen molar-refractivity contribution in [1.82, 2.24) is 0 Å². The van der Waals surface area contributed by atoms with E-state index in [-0.39, 0.29) is 11.5 Å². The van der Waals surface area contributed by atoms with E-state index in [1.54, 1.807) is 0 Å². The van der Waals surface area contributed by atoms with Crippen LogP contribution in [0.2, 0.25) is 0 Å². The lowest BCUT2D eigenvalue weighted by Crippen LogP contribution is -2.53. The minimum Gasteiger partial charge on any atom is -0.312 e. The topological polar surface area (TPSA) is 104 Å². The summed E-state index contributed by atoms with van der Waals surface area (Å²) >= 11 is 0. The molecule has 1 atom stereocenters. The molecule has 1 unspecified atom stereocenters. The summed E-state index contributed by atoms with van der Waals surface area (Å²) in [7, 11) is -9.78. The fraction of sp³-hybridized carbons (Fsp3) is 1.00. The first kappa shape index (κ1) is 20.1. The van der Waals surface area contributed by atoms with Crippen LogP contribution in [0.25, 0.3) is 0 Å². The summed E-state index contributed by atoms with van der Waals surface area (Å²) < 4.78 is 69.1. The molecule has 0 rings (SSSR count). The van der Waals surface area contributed by atoms with E-state index in [2.05, 4.69) is 0 Å². The van der Waals surface area contributed by atoms with Gasteiger partial charge < -0.3 is 9.05 Å². The SMILES string of the molecule is CCS(=O)(=O)C(C)(C(C)P(=O)(OC)OC)S(=O)(=O)CC. The Balaban J connectivity index is 6.44. The standard InChI is InChI=1S/C10H23O7PS2/c1-7-19(12,13)10(4,20(14,15)8-2)9(3)18(11,16-5)17-6/h9H,7-8H2,1-6H3. The lowest BCUT2D eigenvalue weighted by atomic mass is 10.3. The lowest BCUT2D eigenvalue weighted by molar-refractivity contribution is 0.264. The maximum Gasteiger partial charge on any atom is 0.335 e. The Labute approximate surface area is 121 Å². The summed E-state index contributed by atoms with van der Waals surface area (Å²) in [5.41, 5.74) is -1.35. The van der Waals surface area contributed by atoms with Crippen LogP contribution in [0.5, 0.6) is 0 Å². The predicted molar refractivity (Wildman–Crippen MR) is 78.4 cm³/mol. The van der Waals surface area contributed by atoms with Crippen molar-refractivity contribution < 1.29 is 30.4 Å². The quantitative estimate of drug-likeness (QED) is 0.610. The van der Waals surface area contributed by atoms with Crippen molar-refractivity contribution in [3.63, 3.8) is 0 Å². The fourth-order valence-electron chi connectivity index (χ4n) is 1.96. The third-order valence-electron chi connectivity index (χ3n) is 3.74. The molecule has 0 aliphatic rings. The van der Waals surface area contributed by atoms with Crippen molar-refractivity contribution in [2.45, 2.75) is 37.4 Å². The van der Waals surface area contributed by atoms with E-state index < -0.39 is 37.0 Å². The van der Waals surface area contributed by atoms with E-state index in [1.807, 2.05) is 0 Å². The number of hydrogen-bond donors (Lipinski definition) is 0. The third-order valence-corrected chi connectivity index (χ3v) is 12.8. The Kier molecular flexibility index (Phi) is 6.45. The first-order chi connectivity index (χ1) is 8.90. The van der Waals surface area contributed by atoms with Crippen molar-refractivity contribution in [3.8, 4) is 0 Å². The number of hydrogen-bond acceptors (Lipinski definition) is 7. The molecule has 0 aliphatic heterocycles. The van der Waals surface area contributed by atoms with Crippen molar-refractivity contribution in [1.29, 1.82) is 0 Å². The molecule has 0 aromatic heterocycles. The van der Waals surface area contributed by atoms with Gasteiger partial charge >= 0.3 is 7.60 Å². The van der Waals surface area contributed by atoms with E-state index >= 15 is 0 Å². The van der Waals surface area contributed by atoms with Crippen LogP contribution in [0.4, 0.5) is 0 Å². The van der Waals surface area contributed by atoms with Gasteiger partial charge in [-0.15, -0.1) is 0 Å². The van der Waals surface area contributed by atoms with E-state index in [4.69, 9.17) is 9.05 Å². The largest absolute Gasteiger partial charge is 0.335 e. The predicted octanol–water partition coefficient (Wildman–Crippen LogP) is 1.45. The molecule has 10 heteroatoms. The Hall–Kier alpha value is 0.0500. The molecule has 122 valence electrons. The Bertz CT molecular complexity index is 537. The molecule has 0 aromatic carbocycles. The Morgan fingerprint density at radius 3 is 1.50 bits per heavy atom. The average Bonchev–Trinajstić information content (AvgIpc) is 2.43. The highest BCUT2D eigenvalue weighted by Crippen LogP contribution is 2.58. The van der Waals surface area contributed by atoms with Crippen LogP contribution in [0.15, 0.2) is 0 Å². The van der Waals surface area contributed by atoms with Gasteiger partial charge in [0.25, 0.3) is 0 Å². The zero-order valence-corrected chi connectivity index (χ0v) is 15.1. The Morgan fingerprint density at radius 2 is 1.30 bits per heavy atom. The molecular formula is C10H23O7PS2. The molecule has 0 fully saturated rings. The summed E-state index contributed by atoms with van der Waals surface area (Å²) in [5, 5.41) is 0. The zero-order valence-electron chi connectivity index (χ0n) is 12.6. The van der Waals surface area contributed by atoms with Gasteiger partial charge in [-0.25, -0.2) is 16.8 Å². The van der Waals surface area contributed by atoms with E-state index in [1.165, 1.54) is 20.8 Å². The molecule has 7 nitrogen and oxygen atoms in total. The van der Waals surface area contributed by atoms with Crippen LogP contribution >= 0.6 is 7.60 Å². The van der Waals surface area contributed by atoms with Crippen LogP contribution in [0.3, 0.4) is 0 Å². The molecule has 0 N–H and O–H groups in total. The molecule has 0 radical (unpaired) electrons. The van der Waals surface area contributed by atoms with Gasteiger partial charge in [0, 0.05) is 25.7 Å². The average molecular weight is 350 g/mol. The third kappa shape index (κ3) is 2.97. The van der Waals surface area contributed by atoms with Gasteiger partial charge in [-0.05, 0) is 13.8 Å². The molecule has 0 aromatic rings. The summed E-state index contributed by atoms with van der Waals surface area (Å²) in [4.78, 5) is 0. The minimum absolute atomic E-state index is 0.388. The summed E-state index contributed by atoms with van der Waals surface area (Å²) in [6, 6.07) is 0. The normalized spacial score (nSPS) is 16.1. The van der Waals surface area contributed by atoms with Gasteiger partial charge in [-0.1, -0.05) is 13.8 Å². The van der Waals surface area contributed by atoms with Gasteiger partial charge in [0.05, 0.1) is 5.66 Å². The van der Waals surface area contributed by atoms with E-state index in [0.717, 1.165) is 21.1 Å². The Morgan fingerprint density at radius 1 is 1.00 bits per heavy atom. The summed E-state index contributed by atoms with van der Waals surface area (Å²) in [6.45, 7) is 5.01. The second kappa shape index (κ2) is 6.44. The molecule has 0 aliphatic carbocycles. The zero-order chi connectivity index (χ0) is 16.4. The highest BCUT2D eigenvalue weighted by molar-refractivity contribution is 8.10. The summed E-state index contributed by atoms with van der Waals surface area (Å²) in [5.74, 6) is -0.777. The lowest BCUT2D eigenvalue weighted by Gasteiger charge is -2.36. The van der Waals surface area contributed by atoms with Crippen LogP contribution < -0.4 is 0 Å². The van der Waals surface area contributed by atoms with Crippen molar-refractivity contribution in [2.75, 3.05) is 25.7 Å². The van der Waals surface area contributed by atoms with Gasteiger partial charge in [0.15, 0.2) is 23.8 Å². The molecule has 0 saturated heterocycles. The van der Waals surface area contributed by atoms with Gasteiger partial charge in [0.1, 0.15) is 0 Å². The smallest absolute Gasteiger partial charge is 0.312 e. The highest BCUT2D eigenvalue weighted by atomic mass is 32.3. The first-order valence-corrected chi connectivity index (χ1v) is 11.0. The molecule has 0 amide bonds. The fourth-order valence-corrected chi connectivity index (χ4v) is 9.50. The number of sulfone groups is 2. The second-order valence-corrected chi connectivity index (χ2v) is 12.6. The van der Waals surface area contributed by atoms with Crippen molar-refractivity contribution in [2.24, 2.45) is 0 Å². The van der Waals surface area contributed by atoms with Crippen molar-refractivity contribution in [3.05, 3.63) is 0 Å². The van der Waals surface area contributed by atoms with E-state index in [0.29, 0.717) is 0 Å². The highest BCUT2D eigenvalue weighted by Gasteiger charge is 2.59. The minimum atomic E-state index is -4.05. The monoisotopic (exact) mass is 350 g/mol. The van der Waals surface area contributed by atoms with Crippen molar-refractivity contribution >= 4 is 27.3 Å². The maximum atomic E-state index is 12.4. The van der Waals surface area contributed by atoms with Crippen LogP contribution in [0.1, 0.15) is 27.7 Å². The molecule has 0 saturated carbocycles. The molecule has 0 bridgehead atoms. The second-order valence-electron chi connectivity index (χ2n) is 4.40. The van der Waals surface area contributed by atoms with Crippen LogP contribution in [0, 0.1) is 0 Å². The molecular weight excluding hydrogens is 327 g/mol. The molecule has 20 heavy (non-hydrogen) atoms. The number of rotatable bonds is 8. The summed E-state index contributed by atoms with van der Waals surface area (Å²) in [6.07, 6.45) is 0. The van der Waals surface area contributed by atoms with Gasteiger partial charge in [0.2, 0.25) is 0 Å². The molecule has 0 spiro atoms. The maximum absolute atomic E-state index is 12.4.